The lowest BCUT2D eigenvalue weighted by Crippen LogP contribution is -2.11. The SMILES string of the molecule is CCCOCCOC(=O)c1cc(C)nc(Cl)c1. The molecule has 0 fully saturated rings. The summed E-state index contributed by atoms with van der Waals surface area (Å²) in [7, 11) is 0. The predicted octanol–water partition coefficient (Wildman–Crippen LogP) is 2.63. The number of nitrogens with zero attached hydrogens (tertiary/aromatic N) is 1. The van der Waals surface area contributed by atoms with Crippen LogP contribution in [-0.4, -0.2) is 30.8 Å². The van der Waals surface area contributed by atoms with E-state index in [0.717, 1.165) is 6.42 Å². The van der Waals surface area contributed by atoms with Crippen LogP contribution < -0.4 is 0 Å². The highest BCUT2D eigenvalue weighted by atomic mass is 35.5. The van der Waals surface area contributed by atoms with Gasteiger partial charge in [-0.05, 0) is 25.5 Å². The Morgan fingerprint density at radius 2 is 2.12 bits per heavy atom. The third-order valence-electron chi connectivity index (χ3n) is 1.97. The standard InChI is InChI=1S/C12H16ClNO3/c1-3-4-16-5-6-17-12(15)10-7-9(2)14-11(13)8-10/h7-8H,3-6H2,1-2H3. The minimum absolute atomic E-state index is 0.248. The molecule has 0 aliphatic rings. The van der Waals surface area contributed by atoms with Crippen molar-refractivity contribution in [3.63, 3.8) is 0 Å². The van der Waals surface area contributed by atoms with E-state index in [9.17, 15) is 4.79 Å². The van der Waals surface area contributed by atoms with Gasteiger partial charge in [-0.25, -0.2) is 9.78 Å². The van der Waals surface area contributed by atoms with Crippen LogP contribution in [0.1, 0.15) is 29.4 Å². The Kier molecular flexibility index (Phi) is 5.94. The van der Waals surface area contributed by atoms with Gasteiger partial charge >= 0.3 is 5.97 Å². The molecule has 94 valence electrons. The van der Waals surface area contributed by atoms with E-state index in [0.29, 0.717) is 29.6 Å². The van der Waals surface area contributed by atoms with Crippen LogP contribution in [0.25, 0.3) is 0 Å². The third-order valence-corrected chi connectivity index (χ3v) is 2.16. The molecule has 1 rings (SSSR count). The fraction of sp³-hybridized carbons (Fsp3) is 0.500. The van der Waals surface area contributed by atoms with Crippen molar-refractivity contribution in [3.05, 3.63) is 28.5 Å². The Morgan fingerprint density at radius 1 is 1.35 bits per heavy atom. The first-order valence-electron chi connectivity index (χ1n) is 5.52. The zero-order valence-corrected chi connectivity index (χ0v) is 10.8. The zero-order valence-electron chi connectivity index (χ0n) is 10.0. The van der Waals surface area contributed by atoms with Gasteiger partial charge in [0.1, 0.15) is 11.8 Å². The number of esters is 1. The maximum atomic E-state index is 11.6. The maximum Gasteiger partial charge on any atom is 0.338 e. The second kappa shape index (κ2) is 7.25. The zero-order chi connectivity index (χ0) is 12.7. The summed E-state index contributed by atoms with van der Waals surface area (Å²) in [5.74, 6) is -0.405. The van der Waals surface area contributed by atoms with E-state index in [1.165, 1.54) is 6.07 Å². The smallest absolute Gasteiger partial charge is 0.338 e. The molecule has 1 heterocycles. The molecular weight excluding hydrogens is 242 g/mol. The molecule has 0 unspecified atom stereocenters. The Balaban J connectivity index is 2.41. The molecule has 1 aromatic rings. The van der Waals surface area contributed by atoms with E-state index in [-0.39, 0.29) is 6.61 Å². The number of hydrogen-bond acceptors (Lipinski definition) is 4. The summed E-state index contributed by atoms with van der Waals surface area (Å²) < 4.78 is 10.2. The summed E-state index contributed by atoms with van der Waals surface area (Å²) in [5.41, 5.74) is 1.10. The third kappa shape index (κ3) is 5.15. The summed E-state index contributed by atoms with van der Waals surface area (Å²) in [6.45, 7) is 5.13. The first kappa shape index (κ1) is 13.9. The van der Waals surface area contributed by atoms with Gasteiger partial charge in [-0.1, -0.05) is 18.5 Å². The lowest BCUT2D eigenvalue weighted by Gasteiger charge is -2.06. The number of carbonyl (C=O) groups excluding carboxylic acids is 1. The molecule has 17 heavy (non-hydrogen) atoms. The monoisotopic (exact) mass is 257 g/mol. The molecule has 0 radical (unpaired) electrons. The minimum atomic E-state index is -0.405. The number of aryl methyl sites for hydroxylation is 1. The number of pyridine rings is 1. The fourth-order valence-electron chi connectivity index (χ4n) is 1.27. The van der Waals surface area contributed by atoms with Crippen molar-refractivity contribution in [3.8, 4) is 0 Å². The molecule has 0 aliphatic heterocycles. The highest BCUT2D eigenvalue weighted by Gasteiger charge is 2.09. The lowest BCUT2D eigenvalue weighted by molar-refractivity contribution is 0.0318. The average molecular weight is 258 g/mol. The maximum absolute atomic E-state index is 11.6. The van der Waals surface area contributed by atoms with Gasteiger partial charge < -0.3 is 9.47 Å². The minimum Gasteiger partial charge on any atom is -0.460 e. The van der Waals surface area contributed by atoms with Crippen LogP contribution in [0.5, 0.6) is 0 Å². The van der Waals surface area contributed by atoms with E-state index < -0.39 is 5.97 Å². The molecule has 0 saturated carbocycles. The molecule has 4 nitrogen and oxygen atoms in total. The van der Waals surface area contributed by atoms with Crippen molar-refractivity contribution in [2.75, 3.05) is 19.8 Å². The normalized spacial score (nSPS) is 10.3. The van der Waals surface area contributed by atoms with Crippen molar-refractivity contribution >= 4 is 17.6 Å². The summed E-state index contributed by atoms with van der Waals surface area (Å²) in [5, 5.41) is 0.291. The van der Waals surface area contributed by atoms with E-state index in [4.69, 9.17) is 21.1 Å². The second-order valence-electron chi connectivity index (χ2n) is 3.57. The first-order valence-corrected chi connectivity index (χ1v) is 5.90. The molecule has 0 bridgehead atoms. The van der Waals surface area contributed by atoms with Crippen LogP contribution in [0.3, 0.4) is 0 Å². The number of halogens is 1. The summed E-state index contributed by atoms with van der Waals surface area (Å²) >= 11 is 5.75. The van der Waals surface area contributed by atoms with E-state index >= 15 is 0 Å². The molecule has 0 N–H and O–H groups in total. The van der Waals surface area contributed by atoms with Gasteiger partial charge in [0.25, 0.3) is 0 Å². The first-order chi connectivity index (χ1) is 8.13. The average Bonchev–Trinajstić information content (AvgIpc) is 2.27. The Bertz CT molecular complexity index is 362. The molecule has 0 aromatic carbocycles. The molecule has 0 saturated heterocycles. The second-order valence-corrected chi connectivity index (χ2v) is 3.96. The molecule has 5 heteroatoms. The van der Waals surface area contributed by atoms with Gasteiger partial charge in [0.05, 0.1) is 12.2 Å². The van der Waals surface area contributed by atoms with Crippen LogP contribution in [0.15, 0.2) is 12.1 Å². The van der Waals surface area contributed by atoms with Crippen LogP contribution in [0.4, 0.5) is 0 Å². The molecular formula is C12H16ClNO3. The van der Waals surface area contributed by atoms with Crippen LogP contribution >= 0.6 is 11.6 Å². The van der Waals surface area contributed by atoms with Crippen molar-refractivity contribution in [1.82, 2.24) is 4.98 Å². The van der Waals surface area contributed by atoms with Gasteiger partial charge in [0, 0.05) is 12.3 Å². The molecule has 1 aromatic heterocycles. The van der Waals surface area contributed by atoms with E-state index in [2.05, 4.69) is 4.98 Å². The van der Waals surface area contributed by atoms with Crippen LogP contribution in [0, 0.1) is 6.92 Å². The Labute approximate surface area is 106 Å². The summed E-state index contributed by atoms with van der Waals surface area (Å²) in [4.78, 5) is 15.6. The number of ether oxygens (including phenoxy) is 2. The predicted molar refractivity (Wildman–Crippen MR) is 65.4 cm³/mol. The molecule has 0 aliphatic carbocycles. The topological polar surface area (TPSA) is 48.4 Å². The fourth-order valence-corrected chi connectivity index (χ4v) is 1.52. The van der Waals surface area contributed by atoms with Crippen molar-refractivity contribution in [1.29, 1.82) is 0 Å². The molecule has 0 spiro atoms. The van der Waals surface area contributed by atoms with Gasteiger partial charge in [-0.15, -0.1) is 0 Å². The van der Waals surface area contributed by atoms with Gasteiger partial charge in [-0.3, -0.25) is 0 Å². The van der Waals surface area contributed by atoms with Crippen LogP contribution in [0.2, 0.25) is 5.15 Å². The number of hydrogen-bond donors (Lipinski definition) is 0. The van der Waals surface area contributed by atoms with Crippen LogP contribution in [-0.2, 0) is 9.47 Å². The van der Waals surface area contributed by atoms with E-state index in [1.807, 2.05) is 6.92 Å². The number of rotatable bonds is 6. The van der Waals surface area contributed by atoms with Gasteiger partial charge in [0.15, 0.2) is 0 Å². The highest BCUT2D eigenvalue weighted by Crippen LogP contribution is 2.11. The molecule has 0 atom stereocenters. The largest absolute Gasteiger partial charge is 0.460 e. The van der Waals surface area contributed by atoms with Crippen molar-refractivity contribution < 1.29 is 14.3 Å². The van der Waals surface area contributed by atoms with Gasteiger partial charge in [0.2, 0.25) is 0 Å². The Hall–Kier alpha value is -1.13. The van der Waals surface area contributed by atoms with E-state index in [1.54, 1.807) is 13.0 Å². The Morgan fingerprint density at radius 3 is 2.76 bits per heavy atom. The van der Waals surface area contributed by atoms with Crippen molar-refractivity contribution in [2.24, 2.45) is 0 Å². The summed E-state index contributed by atoms with van der Waals surface area (Å²) in [6, 6.07) is 3.13. The van der Waals surface area contributed by atoms with Gasteiger partial charge in [-0.2, -0.15) is 0 Å². The number of aromatic nitrogens is 1. The molecule has 0 amide bonds. The highest BCUT2D eigenvalue weighted by molar-refractivity contribution is 6.29. The lowest BCUT2D eigenvalue weighted by atomic mass is 10.2. The summed E-state index contributed by atoms with van der Waals surface area (Å²) in [6.07, 6.45) is 0.951. The quantitative estimate of drug-likeness (QED) is 0.447. The number of carbonyl (C=O) groups is 1. The van der Waals surface area contributed by atoms with Crippen molar-refractivity contribution in [2.45, 2.75) is 20.3 Å².